The zero-order valence-corrected chi connectivity index (χ0v) is 17.7. The van der Waals surface area contributed by atoms with Crippen molar-refractivity contribution in [3.63, 3.8) is 0 Å². The fraction of sp³-hybridized carbons (Fsp3) is 0.174. The first-order valence-corrected chi connectivity index (χ1v) is 9.82. The van der Waals surface area contributed by atoms with Gasteiger partial charge in [0.15, 0.2) is 17.3 Å². The minimum atomic E-state index is -0.369. The molecule has 3 aromatic rings. The number of nitrogens with one attached hydrogen (secondary N) is 1. The summed E-state index contributed by atoms with van der Waals surface area (Å²) >= 11 is 3.43. The van der Waals surface area contributed by atoms with Crippen LogP contribution in [0.15, 0.2) is 71.2 Å². The van der Waals surface area contributed by atoms with Gasteiger partial charge in [0.1, 0.15) is 5.82 Å². The van der Waals surface area contributed by atoms with Crippen LogP contribution in [0.3, 0.4) is 0 Å². The summed E-state index contributed by atoms with van der Waals surface area (Å²) in [6, 6.07) is 18.6. The molecule has 29 heavy (non-hydrogen) atoms. The molecular formula is C23H21BrFNO3. The van der Waals surface area contributed by atoms with Crippen molar-refractivity contribution in [1.82, 2.24) is 0 Å². The molecule has 3 aromatic carbocycles. The third-order valence-electron chi connectivity index (χ3n) is 4.55. The molecule has 0 aliphatic heterocycles. The number of carbonyl (C=O) groups excluding carboxylic acids is 1. The maximum absolute atomic E-state index is 13.2. The van der Waals surface area contributed by atoms with E-state index in [2.05, 4.69) is 21.2 Å². The summed E-state index contributed by atoms with van der Waals surface area (Å²) in [7, 11) is 3.15. The molecule has 1 N–H and O–H groups in total. The molecule has 0 saturated carbocycles. The van der Waals surface area contributed by atoms with E-state index in [1.54, 1.807) is 14.2 Å². The smallest absolute Gasteiger partial charge is 0.165 e. The van der Waals surface area contributed by atoms with Gasteiger partial charge in [-0.25, -0.2) is 4.39 Å². The summed E-state index contributed by atoms with van der Waals surface area (Å²) in [5, 5.41) is 3.41. The number of halogens is 2. The normalized spacial score (nSPS) is 11.6. The predicted octanol–water partition coefficient (Wildman–Crippen LogP) is 6.03. The van der Waals surface area contributed by atoms with Crippen LogP contribution in [-0.4, -0.2) is 20.0 Å². The largest absolute Gasteiger partial charge is 0.493 e. The lowest BCUT2D eigenvalue weighted by atomic mass is 9.97. The number of ether oxygens (including phenoxy) is 2. The number of benzene rings is 3. The number of hydrogen-bond acceptors (Lipinski definition) is 4. The van der Waals surface area contributed by atoms with E-state index in [0.717, 1.165) is 15.7 Å². The Balaban J connectivity index is 1.91. The number of methoxy groups -OCH3 is 2. The van der Waals surface area contributed by atoms with Gasteiger partial charge in [0, 0.05) is 22.1 Å². The molecule has 0 radical (unpaired) electrons. The zero-order chi connectivity index (χ0) is 20.8. The molecule has 0 bridgehead atoms. The van der Waals surface area contributed by atoms with Crippen LogP contribution in [0.5, 0.6) is 11.5 Å². The highest BCUT2D eigenvalue weighted by Gasteiger charge is 2.19. The number of hydrogen-bond donors (Lipinski definition) is 1. The molecule has 0 aliphatic rings. The second kappa shape index (κ2) is 9.56. The molecule has 0 amide bonds. The molecule has 0 aromatic heterocycles. The standard InChI is InChI=1S/C23H21BrFNO3/c1-28-22-12-5-16(13-23(22)29-2)20(26-19-10-6-17(24)7-11-19)14-21(27)15-3-8-18(25)9-4-15/h3-13,20,26H,14H2,1-2H3. The Morgan fingerprint density at radius 1 is 0.966 bits per heavy atom. The number of rotatable bonds is 8. The van der Waals surface area contributed by atoms with Crippen molar-refractivity contribution in [2.75, 3.05) is 19.5 Å². The molecule has 4 nitrogen and oxygen atoms in total. The van der Waals surface area contributed by atoms with E-state index in [-0.39, 0.29) is 24.1 Å². The van der Waals surface area contributed by atoms with E-state index in [9.17, 15) is 9.18 Å². The lowest BCUT2D eigenvalue weighted by molar-refractivity contribution is 0.0976. The molecule has 3 rings (SSSR count). The zero-order valence-electron chi connectivity index (χ0n) is 16.1. The average molecular weight is 458 g/mol. The maximum Gasteiger partial charge on any atom is 0.165 e. The minimum absolute atomic E-state index is 0.0885. The van der Waals surface area contributed by atoms with E-state index < -0.39 is 0 Å². The molecule has 0 heterocycles. The molecule has 0 aliphatic carbocycles. The van der Waals surface area contributed by atoms with E-state index >= 15 is 0 Å². The Morgan fingerprint density at radius 2 is 1.62 bits per heavy atom. The highest BCUT2D eigenvalue weighted by molar-refractivity contribution is 9.10. The summed E-state index contributed by atoms with van der Waals surface area (Å²) in [6.07, 6.45) is 0.192. The molecule has 0 spiro atoms. The third kappa shape index (κ3) is 5.35. The minimum Gasteiger partial charge on any atom is -0.493 e. The molecular weight excluding hydrogens is 437 g/mol. The Hall–Kier alpha value is -2.86. The average Bonchev–Trinajstić information content (AvgIpc) is 2.74. The van der Waals surface area contributed by atoms with Crippen LogP contribution in [0.1, 0.15) is 28.4 Å². The highest BCUT2D eigenvalue weighted by atomic mass is 79.9. The second-order valence-electron chi connectivity index (χ2n) is 6.45. The lowest BCUT2D eigenvalue weighted by Crippen LogP contribution is -2.16. The van der Waals surface area contributed by atoms with Crippen molar-refractivity contribution in [1.29, 1.82) is 0 Å². The summed E-state index contributed by atoms with van der Waals surface area (Å²) < 4.78 is 24.9. The topological polar surface area (TPSA) is 47.6 Å². The van der Waals surface area contributed by atoms with Gasteiger partial charge < -0.3 is 14.8 Å². The summed E-state index contributed by atoms with van der Waals surface area (Å²) in [5.74, 6) is 0.741. The third-order valence-corrected chi connectivity index (χ3v) is 5.08. The Kier molecular flexibility index (Phi) is 6.88. The van der Waals surface area contributed by atoms with Crippen molar-refractivity contribution in [2.45, 2.75) is 12.5 Å². The first-order valence-electron chi connectivity index (χ1n) is 9.03. The van der Waals surface area contributed by atoms with E-state index in [4.69, 9.17) is 9.47 Å². The highest BCUT2D eigenvalue weighted by Crippen LogP contribution is 2.33. The number of Topliss-reactive ketones (excluding diaryl/α,β-unsaturated/α-hetero) is 1. The van der Waals surface area contributed by atoms with Gasteiger partial charge in [-0.2, -0.15) is 0 Å². The van der Waals surface area contributed by atoms with Crippen molar-refractivity contribution in [3.8, 4) is 11.5 Å². The summed E-state index contributed by atoms with van der Waals surface area (Å²) in [4.78, 5) is 12.8. The first kappa shape index (κ1) is 20.9. The van der Waals surface area contributed by atoms with Gasteiger partial charge >= 0.3 is 0 Å². The van der Waals surface area contributed by atoms with Crippen molar-refractivity contribution in [3.05, 3.63) is 88.1 Å². The first-order chi connectivity index (χ1) is 14.0. The molecule has 1 unspecified atom stereocenters. The van der Waals surface area contributed by atoms with Crippen molar-refractivity contribution < 1.29 is 18.7 Å². The molecule has 6 heteroatoms. The Bertz CT molecular complexity index is 974. The fourth-order valence-corrected chi connectivity index (χ4v) is 3.27. The van der Waals surface area contributed by atoms with Gasteiger partial charge in [0.2, 0.25) is 0 Å². The predicted molar refractivity (Wildman–Crippen MR) is 115 cm³/mol. The maximum atomic E-state index is 13.2. The van der Waals surface area contributed by atoms with Gasteiger partial charge in [-0.3, -0.25) is 4.79 Å². The molecule has 0 fully saturated rings. The van der Waals surface area contributed by atoms with Crippen LogP contribution in [0.25, 0.3) is 0 Å². The van der Waals surface area contributed by atoms with Crippen LogP contribution < -0.4 is 14.8 Å². The summed E-state index contributed by atoms with van der Waals surface area (Å²) in [5.41, 5.74) is 2.22. The van der Waals surface area contributed by atoms with E-state index in [1.807, 2.05) is 42.5 Å². The van der Waals surface area contributed by atoms with Crippen LogP contribution >= 0.6 is 15.9 Å². The monoisotopic (exact) mass is 457 g/mol. The Morgan fingerprint density at radius 3 is 2.24 bits per heavy atom. The quantitative estimate of drug-likeness (QED) is 0.419. The van der Waals surface area contributed by atoms with Gasteiger partial charge in [0.25, 0.3) is 0 Å². The van der Waals surface area contributed by atoms with Crippen LogP contribution in [-0.2, 0) is 0 Å². The van der Waals surface area contributed by atoms with Gasteiger partial charge in [0.05, 0.1) is 20.3 Å². The fourth-order valence-electron chi connectivity index (χ4n) is 3.01. The van der Waals surface area contributed by atoms with Gasteiger partial charge in [-0.05, 0) is 66.2 Å². The Labute approximate surface area is 177 Å². The molecule has 150 valence electrons. The van der Waals surface area contributed by atoms with Crippen molar-refractivity contribution in [2.24, 2.45) is 0 Å². The lowest BCUT2D eigenvalue weighted by Gasteiger charge is -2.21. The summed E-state index contributed by atoms with van der Waals surface area (Å²) in [6.45, 7) is 0. The van der Waals surface area contributed by atoms with Crippen LogP contribution in [0.2, 0.25) is 0 Å². The van der Waals surface area contributed by atoms with Crippen LogP contribution in [0, 0.1) is 5.82 Å². The SMILES string of the molecule is COc1ccc(C(CC(=O)c2ccc(F)cc2)Nc2ccc(Br)cc2)cc1OC. The van der Waals surface area contributed by atoms with E-state index in [1.165, 1.54) is 24.3 Å². The van der Waals surface area contributed by atoms with Gasteiger partial charge in [-0.1, -0.05) is 22.0 Å². The molecule has 0 saturated heterocycles. The number of ketones is 1. The number of anilines is 1. The number of carbonyl (C=O) groups is 1. The van der Waals surface area contributed by atoms with Crippen molar-refractivity contribution >= 4 is 27.4 Å². The molecule has 1 atom stereocenters. The second-order valence-corrected chi connectivity index (χ2v) is 7.37. The van der Waals surface area contributed by atoms with Gasteiger partial charge in [-0.15, -0.1) is 0 Å². The van der Waals surface area contributed by atoms with E-state index in [0.29, 0.717) is 17.1 Å². The van der Waals surface area contributed by atoms with Crippen LogP contribution in [0.4, 0.5) is 10.1 Å².